The lowest BCUT2D eigenvalue weighted by Crippen LogP contribution is -2.37. The van der Waals surface area contributed by atoms with Crippen molar-refractivity contribution in [3.63, 3.8) is 0 Å². The number of likely N-dealkylation sites (tertiary alicyclic amines) is 1. The summed E-state index contributed by atoms with van der Waals surface area (Å²) < 4.78 is 11.2. The largest absolute Gasteiger partial charge is 0.488 e. The van der Waals surface area contributed by atoms with Crippen molar-refractivity contribution >= 4 is 11.7 Å². The van der Waals surface area contributed by atoms with E-state index in [0.717, 1.165) is 41.0 Å². The predicted octanol–water partition coefficient (Wildman–Crippen LogP) is 4.03. The SMILES string of the molecule is CCOC(=O)N1CCC(=C2c3ccccc3OCc3cccnc32)CC1. The van der Waals surface area contributed by atoms with Crippen LogP contribution in [0.5, 0.6) is 5.75 Å². The molecule has 3 heterocycles. The van der Waals surface area contributed by atoms with Crippen LogP contribution in [0.15, 0.2) is 48.2 Å². The molecule has 1 aromatic heterocycles. The first-order chi connectivity index (χ1) is 12.8. The van der Waals surface area contributed by atoms with E-state index in [1.807, 2.05) is 37.4 Å². The van der Waals surface area contributed by atoms with Gasteiger partial charge in [0.25, 0.3) is 0 Å². The van der Waals surface area contributed by atoms with Crippen molar-refractivity contribution in [1.29, 1.82) is 0 Å². The topological polar surface area (TPSA) is 51.7 Å². The molecule has 2 aliphatic heterocycles. The second kappa shape index (κ2) is 7.20. The quantitative estimate of drug-likeness (QED) is 0.779. The van der Waals surface area contributed by atoms with Crippen molar-refractivity contribution in [3.05, 3.63) is 65.0 Å². The molecule has 0 N–H and O–H groups in total. The zero-order valence-corrected chi connectivity index (χ0v) is 14.9. The minimum absolute atomic E-state index is 0.223. The smallest absolute Gasteiger partial charge is 0.409 e. The summed E-state index contributed by atoms with van der Waals surface area (Å²) in [5.41, 5.74) is 5.67. The Hall–Kier alpha value is -2.82. The number of rotatable bonds is 1. The van der Waals surface area contributed by atoms with E-state index < -0.39 is 0 Å². The van der Waals surface area contributed by atoms with Crippen LogP contribution in [0.4, 0.5) is 4.79 Å². The highest BCUT2D eigenvalue weighted by atomic mass is 16.6. The van der Waals surface area contributed by atoms with Gasteiger partial charge in [-0.15, -0.1) is 0 Å². The highest BCUT2D eigenvalue weighted by molar-refractivity contribution is 5.85. The maximum Gasteiger partial charge on any atom is 0.409 e. The first-order valence-electron chi connectivity index (χ1n) is 9.08. The summed E-state index contributed by atoms with van der Waals surface area (Å²) in [5.74, 6) is 0.890. The fraction of sp³-hybridized carbons (Fsp3) is 0.333. The number of para-hydroxylation sites is 1. The molecular weight excluding hydrogens is 328 g/mol. The molecule has 0 atom stereocenters. The van der Waals surface area contributed by atoms with Gasteiger partial charge in [0, 0.05) is 36.0 Å². The fourth-order valence-electron chi connectivity index (χ4n) is 3.64. The molecule has 4 rings (SSSR count). The summed E-state index contributed by atoms with van der Waals surface area (Å²) in [6.07, 6.45) is 3.25. The Morgan fingerprint density at radius 3 is 2.81 bits per heavy atom. The van der Waals surface area contributed by atoms with E-state index in [-0.39, 0.29) is 6.09 Å². The molecule has 1 amide bonds. The third-order valence-corrected chi connectivity index (χ3v) is 4.91. The zero-order valence-electron chi connectivity index (χ0n) is 14.9. The second-order valence-electron chi connectivity index (χ2n) is 6.46. The Morgan fingerprint density at radius 1 is 1.19 bits per heavy atom. The Kier molecular flexibility index (Phi) is 4.61. The first kappa shape index (κ1) is 16.6. The highest BCUT2D eigenvalue weighted by Gasteiger charge is 2.27. The Labute approximate surface area is 153 Å². The predicted molar refractivity (Wildman–Crippen MR) is 98.9 cm³/mol. The summed E-state index contributed by atoms with van der Waals surface area (Å²) in [7, 11) is 0. The Bertz CT molecular complexity index is 800. The van der Waals surface area contributed by atoms with Crippen LogP contribution >= 0.6 is 0 Å². The van der Waals surface area contributed by atoms with E-state index in [2.05, 4.69) is 17.1 Å². The van der Waals surface area contributed by atoms with Gasteiger partial charge in [-0.25, -0.2) is 4.79 Å². The molecule has 0 bridgehead atoms. The van der Waals surface area contributed by atoms with E-state index in [1.54, 1.807) is 4.90 Å². The van der Waals surface area contributed by atoms with Gasteiger partial charge in [-0.05, 0) is 31.9 Å². The summed E-state index contributed by atoms with van der Waals surface area (Å²) in [6, 6.07) is 12.2. The number of aromatic nitrogens is 1. The fourth-order valence-corrected chi connectivity index (χ4v) is 3.64. The molecule has 2 aliphatic rings. The maximum absolute atomic E-state index is 12.0. The van der Waals surface area contributed by atoms with Crippen LogP contribution in [0, 0.1) is 0 Å². The van der Waals surface area contributed by atoms with E-state index >= 15 is 0 Å². The molecule has 26 heavy (non-hydrogen) atoms. The van der Waals surface area contributed by atoms with E-state index in [1.165, 1.54) is 5.57 Å². The molecule has 0 saturated carbocycles. The van der Waals surface area contributed by atoms with E-state index in [4.69, 9.17) is 9.47 Å². The van der Waals surface area contributed by atoms with Crippen LogP contribution < -0.4 is 4.74 Å². The zero-order chi connectivity index (χ0) is 17.9. The van der Waals surface area contributed by atoms with Crippen molar-refractivity contribution in [2.45, 2.75) is 26.4 Å². The summed E-state index contributed by atoms with van der Waals surface area (Å²) in [5, 5.41) is 0. The highest BCUT2D eigenvalue weighted by Crippen LogP contribution is 2.39. The number of piperidine rings is 1. The van der Waals surface area contributed by atoms with Gasteiger partial charge >= 0.3 is 6.09 Å². The van der Waals surface area contributed by atoms with Crippen molar-refractivity contribution in [2.75, 3.05) is 19.7 Å². The lowest BCUT2D eigenvalue weighted by molar-refractivity contribution is 0.104. The number of pyridine rings is 1. The van der Waals surface area contributed by atoms with Crippen LogP contribution in [0.1, 0.15) is 36.6 Å². The van der Waals surface area contributed by atoms with Crippen LogP contribution in [0.3, 0.4) is 0 Å². The van der Waals surface area contributed by atoms with Crippen LogP contribution in [-0.4, -0.2) is 35.7 Å². The number of hydrogen-bond acceptors (Lipinski definition) is 4. The number of ether oxygens (including phenoxy) is 2. The molecule has 2 aromatic rings. The van der Waals surface area contributed by atoms with Crippen LogP contribution in [0.25, 0.3) is 5.57 Å². The van der Waals surface area contributed by atoms with Gasteiger partial charge in [0.15, 0.2) is 0 Å². The molecule has 0 aliphatic carbocycles. The Morgan fingerprint density at radius 2 is 2.00 bits per heavy atom. The number of fused-ring (bicyclic) bond motifs is 2. The van der Waals surface area contributed by atoms with Gasteiger partial charge < -0.3 is 14.4 Å². The maximum atomic E-state index is 12.0. The standard InChI is InChI=1S/C21H22N2O3/c1-2-25-21(24)23-12-9-15(10-13-23)19-17-7-3-4-8-18(17)26-14-16-6-5-11-22-20(16)19/h3-8,11H,2,9-10,12-14H2,1H3. The molecule has 0 spiro atoms. The summed E-state index contributed by atoms with van der Waals surface area (Å²) in [4.78, 5) is 18.4. The molecule has 0 unspecified atom stereocenters. The van der Waals surface area contributed by atoms with Gasteiger partial charge in [-0.1, -0.05) is 29.8 Å². The third-order valence-electron chi connectivity index (χ3n) is 4.91. The molecule has 134 valence electrons. The van der Waals surface area contributed by atoms with Crippen LogP contribution in [-0.2, 0) is 11.3 Å². The number of nitrogens with zero attached hydrogens (tertiary/aromatic N) is 2. The molecule has 1 saturated heterocycles. The summed E-state index contributed by atoms with van der Waals surface area (Å²) in [6.45, 7) is 4.10. The average molecular weight is 350 g/mol. The molecule has 1 fully saturated rings. The van der Waals surface area contributed by atoms with E-state index in [9.17, 15) is 4.79 Å². The normalized spacial score (nSPS) is 16.3. The first-order valence-corrected chi connectivity index (χ1v) is 9.08. The monoisotopic (exact) mass is 350 g/mol. The second-order valence-corrected chi connectivity index (χ2v) is 6.46. The number of carbonyl (C=O) groups excluding carboxylic acids is 1. The van der Waals surface area contributed by atoms with Crippen molar-refractivity contribution in [2.24, 2.45) is 0 Å². The Balaban J connectivity index is 1.74. The van der Waals surface area contributed by atoms with Crippen molar-refractivity contribution < 1.29 is 14.3 Å². The average Bonchev–Trinajstić information content (AvgIpc) is 2.85. The number of amides is 1. The molecule has 5 nitrogen and oxygen atoms in total. The van der Waals surface area contributed by atoms with E-state index in [0.29, 0.717) is 26.3 Å². The summed E-state index contributed by atoms with van der Waals surface area (Å²) >= 11 is 0. The molecule has 5 heteroatoms. The number of hydrogen-bond donors (Lipinski definition) is 0. The van der Waals surface area contributed by atoms with Crippen molar-refractivity contribution in [1.82, 2.24) is 9.88 Å². The van der Waals surface area contributed by atoms with Gasteiger partial charge in [-0.3, -0.25) is 4.98 Å². The molecule has 0 radical (unpaired) electrons. The number of benzene rings is 1. The van der Waals surface area contributed by atoms with Gasteiger partial charge in [-0.2, -0.15) is 0 Å². The lowest BCUT2D eigenvalue weighted by atomic mass is 9.89. The van der Waals surface area contributed by atoms with Crippen molar-refractivity contribution in [3.8, 4) is 5.75 Å². The minimum Gasteiger partial charge on any atom is -0.488 e. The number of carbonyl (C=O) groups is 1. The molecule has 1 aromatic carbocycles. The third kappa shape index (κ3) is 3.05. The van der Waals surface area contributed by atoms with Gasteiger partial charge in [0.05, 0.1) is 12.3 Å². The molecular formula is C21H22N2O3. The van der Waals surface area contributed by atoms with Gasteiger partial charge in [0.2, 0.25) is 0 Å². The van der Waals surface area contributed by atoms with Gasteiger partial charge in [0.1, 0.15) is 12.4 Å². The lowest BCUT2D eigenvalue weighted by Gasteiger charge is -2.29. The minimum atomic E-state index is -0.223. The van der Waals surface area contributed by atoms with Crippen LogP contribution in [0.2, 0.25) is 0 Å².